The lowest BCUT2D eigenvalue weighted by Gasteiger charge is -2.35. The minimum Gasteiger partial charge on any atom is -0.459 e. The van der Waals surface area contributed by atoms with Gasteiger partial charge >= 0.3 is 0 Å². The van der Waals surface area contributed by atoms with E-state index in [1.165, 1.54) is 24.8 Å². The predicted molar refractivity (Wildman–Crippen MR) is 142 cm³/mol. The highest BCUT2D eigenvalue weighted by Crippen LogP contribution is 2.54. The third-order valence-corrected chi connectivity index (χ3v) is 7.96. The smallest absolute Gasteiger partial charge is 0.260 e. The van der Waals surface area contributed by atoms with Crippen LogP contribution in [-0.2, 0) is 4.74 Å². The SMILES string of the molecule is O=C(Nc1ccc(OCF)c(N2CCOCC2)n1)c1cnc(NSCCO)cc1N1CCC2(CC1)CC2. The number of alkyl halides is 1. The van der Waals surface area contributed by atoms with Gasteiger partial charge < -0.3 is 34.4 Å². The van der Waals surface area contributed by atoms with Crippen LogP contribution in [-0.4, -0.2) is 79.6 Å². The van der Waals surface area contributed by atoms with Crippen molar-refractivity contribution in [3.8, 4) is 5.75 Å². The first-order valence-electron chi connectivity index (χ1n) is 12.7. The van der Waals surface area contributed by atoms with Crippen LogP contribution < -0.4 is 24.6 Å². The maximum atomic E-state index is 13.5. The van der Waals surface area contributed by atoms with Crippen molar-refractivity contribution in [2.24, 2.45) is 5.41 Å². The molecule has 200 valence electrons. The summed E-state index contributed by atoms with van der Waals surface area (Å²) in [5.74, 6) is 2.00. The highest BCUT2D eigenvalue weighted by Gasteiger charge is 2.44. The van der Waals surface area contributed by atoms with Crippen molar-refractivity contribution in [3.05, 3.63) is 30.0 Å². The molecule has 1 saturated carbocycles. The predicted octanol–water partition coefficient (Wildman–Crippen LogP) is 3.30. The van der Waals surface area contributed by atoms with E-state index in [4.69, 9.17) is 14.6 Å². The molecule has 1 aliphatic carbocycles. The number of hydrogen-bond acceptors (Lipinski definition) is 10. The molecule has 4 heterocycles. The number of halogens is 1. The molecule has 12 heteroatoms. The molecule has 37 heavy (non-hydrogen) atoms. The van der Waals surface area contributed by atoms with Gasteiger partial charge in [-0.15, -0.1) is 0 Å². The average molecular weight is 533 g/mol. The van der Waals surface area contributed by atoms with Gasteiger partial charge in [0.1, 0.15) is 11.6 Å². The molecule has 1 spiro atoms. The van der Waals surface area contributed by atoms with E-state index in [2.05, 4.69) is 24.9 Å². The molecule has 5 rings (SSSR count). The van der Waals surface area contributed by atoms with Crippen molar-refractivity contribution in [2.75, 3.05) is 78.5 Å². The maximum Gasteiger partial charge on any atom is 0.260 e. The summed E-state index contributed by atoms with van der Waals surface area (Å²) in [6.07, 6.45) is 6.43. The summed E-state index contributed by atoms with van der Waals surface area (Å²) in [7, 11) is 0. The van der Waals surface area contributed by atoms with Gasteiger partial charge in [-0.05, 0) is 55.2 Å². The monoisotopic (exact) mass is 532 g/mol. The lowest BCUT2D eigenvalue weighted by Crippen LogP contribution is -2.37. The minimum absolute atomic E-state index is 0.0633. The number of aliphatic hydroxyl groups excluding tert-OH is 1. The lowest BCUT2D eigenvalue weighted by atomic mass is 9.93. The number of pyridine rings is 2. The van der Waals surface area contributed by atoms with Crippen LogP contribution in [0.2, 0.25) is 0 Å². The number of aliphatic hydroxyl groups is 1. The molecule has 3 aliphatic rings. The zero-order valence-corrected chi connectivity index (χ0v) is 21.6. The highest BCUT2D eigenvalue weighted by molar-refractivity contribution is 8.00. The van der Waals surface area contributed by atoms with E-state index in [0.717, 1.165) is 31.6 Å². The van der Waals surface area contributed by atoms with Crippen molar-refractivity contribution in [1.82, 2.24) is 9.97 Å². The number of nitrogens with zero attached hydrogens (tertiary/aromatic N) is 4. The molecule has 2 saturated heterocycles. The van der Waals surface area contributed by atoms with E-state index in [9.17, 15) is 9.18 Å². The molecule has 0 radical (unpaired) electrons. The van der Waals surface area contributed by atoms with Gasteiger partial charge in [-0.3, -0.25) is 4.79 Å². The molecule has 2 aromatic rings. The van der Waals surface area contributed by atoms with E-state index in [0.29, 0.717) is 66.2 Å². The van der Waals surface area contributed by atoms with Crippen LogP contribution in [0.5, 0.6) is 5.75 Å². The van der Waals surface area contributed by atoms with Crippen molar-refractivity contribution < 1.29 is 23.8 Å². The summed E-state index contributed by atoms with van der Waals surface area (Å²) in [5, 5.41) is 12.0. The van der Waals surface area contributed by atoms with Gasteiger partial charge in [-0.1, -0.05) is 0 Å². The van der Waals surface area contributed by atoms with Crippen molar-refractivity contribution in [1.29, 1.82) is 0 Å². The fraction of sp³-hybridized carbons (Fsp3) is 0.560. The number of piperidine rings is 1. The van der Waals surface area contributed by atoms with Gasteiger partial charge in [-0.2, -0.15) is 0 Å². The summed E-state index contributed by atoms with van der Waals surface area (Å²) in [6.45, 7) is 3.15. The first-order valence-corrected chi connectivity index (χ1v) is 13.7. The van der Waals surface area contributed by atoms with E-state index in [-0.39, 0.29) is 12.5 Å². The van der Waals surface area contributed by atoms with Gasteiger partial charge in [0.25, 0.3) is 5.91 Å². The molecule has 3 fully saturated rings. The Morgan fingerprint density at radius 2 is 1.92 bits per heavy atom. The normalized spacial score (nSPS) is 18.5. The number of hydrogen-bond donors (Lipinski definition) is 3. The number of nitrogens with one attached hydrogen (secondary N) is 2. The summed E-state index contributed by atoms with van der Waals surface area (Å²) < 4.78 is 26.7. The Kier molecular flexibility index (Phi) is 8.16. The average Bonchev–Trinajstić information content (AvgIpc) is 3.69. The second-order valence-electron chi connectivity index (χ2n) is 9.57. The largest absolute Gasteiger partial charge is 0.459 e. The number of ether oxygens (including phenoxy) is 2. The molecule has 0 aromatic carbocycles. The number of carbonyl (C=O) groups excluding carboxylic acids is 1. The van der Waals surface area contributed by atoms with Crippen molar-refractivity contribution >= 4 is 41.0 Å². The van der Waals surface area contributed by atoms with Crippen LogP contribution in [0.15, 0.2) is 24.4 Å². The molecular formula is C25H33FN6O4S. The van der Waals surface area contributed by atoms with E-state index < -0.39 is 6.86 Å². The number of morpholine rings is 1. The number of rotatable bonds is 10. The first kappa shape index (κ1) is 25.8. The molecule has 0 atom stereocenters. The second-order valence-corrected chi connectivity index (χ2v) is 10.5. The van der Waals surface area contributed by atoms with Gasteiger partial charge in [0.05, 0.1) is 31.1 Å². The van der Waals surface area contributed by atoms with Crippen LogP contribution >= 0.6 is 11.9 Å². The lowest BCUT2D eigenvalue weighted by molar-refractivity contribution is 0.102. The van der Waals surface area contributed by atoms with Gasteiger partial charge in [0.15, 0.2) is 11.6 Å². The summed E-state index contributed by atoms with van der Waals surface area (Å²) in [6, 6.07) is 5.13. The Labute approximate surface area is 220 Å². The van der Waals surface area contributed by atoms with Crippen LogP contribution in [0.25, 0.3) is 0 Å². The highest BCUT2D eigenvalue weighted by atomic mass is 32.2. The molecule has 1 amide bonds. The molecule has 3 N–H and O–H groups in total. The second kappa shape index (κ2) is 11.7. The Bertz CT molecular complexity index is 1090. The molecule has 10 nitrogen and oxygen atoms in total. The fourth-order valence-corrected chi connectivity index (χ4v) is 5.32. The summed E-state index contributed by atoms with van der Waals surface area (Å²) >= 11 is 1.37. The fourth-order valence-electron chi connectivity index (χ4n) is 4.87. The Balaban J connectivity index is 1.37. The number of amides is 1. The first-order chi connectivity index (χ1) is 18.1. The van der Waals surface area contributed by atoms with Gasteiger partial charge in [0.2, 0.25) is 6.86 Å². The summed E-state index contributed by atoms with van der Waals surface area (Å²) in [5.41, 5.74) is 1.79. The van der Waals surface area contributed by atoms with Crippen LogP contribution in [0.3, 0.4) is 0 Å². The third kappa shape index (κ3) is 6.19. The zero-order valence-electron chi connectivity index (χ0n) is 20.7. The Morgan fingerprint density at radius 3 is 2.62 bits per heavy atom. The van der Waals surface area contributed by atoms with E-state index in [1.807, 2.05) is 11.0 Å². The van der Waals surface area contributed by atoms with E-state index in [1.54, 1.807) is 18.3 Å². The van der Waals surface area contributed by atoms with Crippen LogP contribution in [0, 0.1) is 5.41 Å². The molecular weight excluding hydrogens is 499 g/mol. The summed E-state index contributed by atoms with van der Waals surface area (Å²) in [4.78, 5) is 26.7. The number of anilines is 4. The van der Waals surface area contributed by atoms with Crippen molar-refractivity contribution in [2.45, 2.75) is 25.7 Å². The minimum atomic E-state index is -0.964. The van der Waals surface area contributed by atoms with E-state index >= 15 is 0 Å². The zero-order chi connectivity index (χ0) is 25.7. The van der Waals surface area contributed by atoms with Crippen LogP contribution in [0.4, 0.5) is 27.5 Å². The molecule has 0 bridgehead atoms. The van der Waals surface area contributed by atoms with Crippen molar-refractivity contribution in [3.63, 3.8) is 0 Å². The molecule has 2 aromatic heterocycles. The number of aromatic nitrogens is 2. The molecule has 0 unspecified atom stereocenters. The van der Waals surface area contributed by atoms with Gasteiger partial charge in [-0.25, -0.2) is 14.4 Å². The molecule has 2 aliphatic heterocycles. The topological polar surface area (TPSA) is 112 Å². The Hall–Kier alpha value is -2.83. The standard InChI is InChI=1S/C25H33FN6O4S/c26-17-36-20-1-2-21(28-23(20)32-9-12-35-13-10-32)29-24(34)18-16-27-22(30-37-14-11-33)15-19(18)31-7-5-25(3-4-25)6-8-31/h1-2,15-16,33H,3-14,17H2,(H,27,30)(H,28,29,34). The maximum absolute atomic E-state index is 13.5. The quantitative estimate of drug-likeness (QED) is 0.311. The van der Waals surface area contributed by atoms with Gasteiger partial charge in [0, 0.05) is 44.2 Å². The van der Waals surface area contributed by atoms with Crippen LogP contribution in [0.1, 0.15) is 36.0 Å². The third-order valence-electron chi connectivity index (χ3n) is 7.22. The number of carbonyl (C=O) groups is 1. The Morgan fingerprint density at radius 1 is 1.14 bits per heavy atom.